The average molecular weight is 456 g/mol. The van der Waals surface area contributed by atoms with Crippen LogP contribution in [0.4, 0.5) is 8.78 Å². The van der Waals surface area contributed by atoms with Crippen LogP contribution >= 0.6 is 11.6 Å². The Labute approximate surface area is 178 Å². The van der Waals surface area contributed by atoms with E-state index in [1.165, 1.54) is 32.9 Å². The van der Waals surface area contributed by atoms with Gasteiger partial charge >= 0.3 is 0 Å². The summed E-state index contributed by atoms with van der Waals surface area (Å²) in [6.07, 6.45) is 0.882. The summed E-state index contributed by atoms with van der Waals surface area (Å²) < 4.78 is 52.7. The molecule has 30 heavy (non-hydrogen) atoms. The molecule has 0 radical (unpaired) electrons. The van der Waals surface area contributed by atoms with E-state index < -0.39 is 43.3 Å². The fourth-order valence-electron chi connectivity index (χ4n) is 3.26. The number of pyridine rings is 1. The van der Waals surface area contributed by atoms with Crippen molar-refractivity contribution in [3.05, 3.63) is 63.9 Å². The summed E-state index contributed by atoms with van der Waals surface area (Å²) in [7, 11) is -3.73. The molecule has 2 aromatic rings. The van der Waals surface area contributed by atoms with Gasteiger partial charge in [-0.15, -0.1) is 0 Å². The van der Waals surface area contributed by atoms with Gasteiger partial charge in [0.25, 0.3) is 0 Å². The number of aliphatic imine (C=N–C) groups is 1. The standard InChI is InChI=1S/C20H20ClF2N3O3S/c1-19(2)18(24)26-20(3,10-30(19,28)29)13-6-11(4-5-14(13)22)7-16(27)17-15(23)8-12(21)9-25-17/h4-6,8-9H,7,10H2,1-3H3,(H2,24,26)/t20-/m0/s1. The number of nitrogens with zero attached hydrogens (tertiary/aromatic N) is 2. The Bertz CT molecular complexity index is 1180. The van der Waals surface area contributed by atoms with Crippen LogP contribution in [0.1, 0.15) is 42.4 Å². The molecule has 2 heterocycles. The molecular weight excluding hydrogens is 436 g/mol. The zero-order chi connectivity index (χ0) is 22.5. The van der Waals surface area contributed by atoms with Crippen molar-refractivity contribution in [3.8, 4) is 0 Å². The van der Waals surface area contributed by atoms with Gasteiger partial charge in [-0.3, -0.25) is 9.79 Å². The van der Waals surface area contributed by atoms with Crippen molar-refractivity contribution >= 4 is 33.1 Å². The van der Waals surface area contributed by atoms with E-state index in [0.717, 1.165) is 18.3 Å². The van der Waals surface area contributed by atoms with Crippen LogP contribution in [-0.2, 0) is 21.8 Å². The lowest BCUT2D eigenvalue weighted by atomic mass is 9.90. The first-order valence-electron chi connectivity index (χ1n) is 8.98. The number of benzene rings is 1. The molecule has 160 valence electrons. The zero-order valence-corrected chi connectivity index (χ0v) is 18.1. The number of carbonyl (C=O) groups is 1. The van der Waals surface area contributed by atoms with Gasteiger partial charge in [0.15, 0.2) is 21.4 Å². The van der Waals surface area contributed by atoms with Crippen molar-refractivity contribution < 1.29 is 22.0 Å². The average Bonchev–Trinajstić information content (AvgIpc) is 2.61. The predicted octanol–water partition coefficient (Wildman–Crippen LogP) is 3.22. The molecule has 0 aliphatic carbocycles. The van der Waals surface area contributed by atoms with E-state index in [0.29, 0.717) is 5.56 Å². The highest BCUT2D eigenvalue weighted by molar-refractivity contribution is 7.93. The fourth-order valence-corrected chi connectivity index (χ4v) is 5.09. The Morgan fingerprint density at radius 2 is 1.87 bits per heavy atom. The number of hydrogen-bond acceptors (Lipinski definition) is 6. The van der Waals surface area contributed by atoms with Crippen molar-refractivity contribution in [3.63, 3.8) is 0 Å². The van der Waals surface area contributed by atoms with Crippen molar-refractivity contribution in [2.24, 2.45) is 10.7 Å². The van der Waals surface area contributed by atoms with Gasteiger partial charge in [0, 0.05) is 18.2 Å². The van der Waals surface area contributed by atoms with E-state index >= 15 is 0 Å². The van der Waals surface area contributed by atoms with Gasteiger partial charge in [0.2, 0.25) is 0 Å². The van der Waals surface area contributed by atoms with Crippen LogP contribution < -0.4 is 5.73 Å². The van der Waals surface area contributed by atoms with E-state index in [9.17, 15) is 22.0 Å². The van der Waals surface area contributed by atoms with Gasteiger partial charge < -0.3 is 5.73 Å². The SMILES string of the molecule is CC1(C)C(N)=N[C@](C)(c2cc(CC(=O)c3ncc(Cl)cc3F)ccc2F)CS1(=O)=O. The number of halogens is 3. The minimum absolute atomic E-state index is 0.0145. The second kappa shape index (κ2) is 7.39. The van der Waals surface area contributed by atoms with Crippen LogP contribution in [0.15, 0.2) is 35.5 Å². The quantitative estimate of drug-likeness (QED) is 0.713. The van der Waals surface area contributed by atoms with E-state index in [1.807, 2.05) is 0 Å². The molecule has 0 fully saturated rings. The smallest absolute Gasteiger partial charge is 0.188 e. The fraction of sp³-hybridized carbons (Fsp3) is 0.350. The van der Waals surface area contributed by atoms with E-state index in [1.54, 1.807) is 0 Å². The van der Waals surface area contributed by atoms with Crippen molar-refractivity contribution in [1.29, 1.82) is 0 Å². The molecule has 0 amide bonds. The number of hydrogen-bond donors (Lipinski definition) is 1. The van der Waals surface area contributed by atoms with Gasteiger partial charge in [-0.05, 0) is 44.5 Å². The largest absolute Gasteiger partial charge is 0.386 e. The third-order valence-electron chi connectivity index (χ3n) is 5.28. The molecular formula is C20H20ClF2N3O3S. The second-order valence-corrected chi connectivity index (χ2v) is 10.9. The molecule has 0 unspecified atom stereocenters. The highest BCUT2D eigenvalue weighted by atomic mass is 35.5. The first-order chi connectivity index (χ1) is 13.8. The zero-order valence-electron chi connectivity index (χ0n) is 16.5. The topological polar surface area (TPSA) is 102 Å². The molecule has 1 aliphatic heterocycles. The summed E-state index contributed by atoms with van der Waals surface area (Å²) in [5.74, 6) is -2.75. The Kier molecular flexibility index (Phi) is 5.49. The maximum absolute atomic E-state index is 14.7. The number of nitrogens with two attached hydrogens (primary N) is 1. The summed E-state index contributed by atoms with van der Waals surface area (Å²) in [4.78, 5) is 20.5. The molecule has 1 aromatic heterocycles. The van der Waals surface area contributed by atoms with Crippen LogP contribution in [0.5, 0.6) is 0 Å². The van der Waals surface area contributed by atoms with Crippen LogP contribution in [0.25, 0.3) is 0 Å². The molecule has 6 nitrogen and oxygen atoms in total. The van der Waals surface area contributed by atoms with Gasteiger partial charge in [0.1, 0.15) is 27.6 Å². The molecule has 2 N–H and O–H groups in total. The lowest BCUT2D eigenvalue weighted by Gasteiger charge is -2.38. The van der Waals surface area contributed by atoms with Gasteiger partial charge in [-0.2, -0.15) is 0 Å². The number of rotatable bonds is 4. The van der Waals surface area contributed by atoms with Crippen LogP contribution in [0, 0.1) is 11.6 Å². The third kappa shape index (κ3) is 3.83. The van der Waals surface area contributed by atoms with Crippen molar-refractivity contribution in [2.75, 3.05) is 5.75 Å². The Morgan fingerprint density at radius 1 is 1.20 bits per heavy atom. The van der Waals surface area contributed by atoms with Crippen molar-refractivity contribution in [1.82, 2.24) is 4.98 Å². The van der Waals surface area contributed by atoms with E-state index in [-0.39, 0.29) is 28.5 Å². The van der Waals surface area contributed by atoms with Gasteiger partial charge in [-0.1, -0.05) is 17.7 Å². The summed E-state index contributed by atoms with van der Waals surface area (Å²) in [5, 5.41) is 0.0536. The first kappa shape index (κ1) is 22.3. The number of Topliss-reactive ketones (excluding diaryl/α,β-unsaturated/α-hetero) is 1. The summed E-state index contributed by atoms with van der Waals surface area (Å²) >= 11 is 5.65. The summed E-state index contributed by atoms with van der Waals surface area (Å²) in [5.41, 5.74) is 4.39. The highest BCUT2D eigenvalue weighted by Gasteiger charge is 2.49. The first-order valence-corrected chi connectivity index (χ1v) is 11.0. The molecule has 1 aromatic carbocycles. The monoisotopic (exact) mass is 455 g/mol. The number of carbonyl (C=O) groups excluding carboxylic acids is 1. The second-order valence-electron chi connectivity index (χ2n) is 7.94. The van der Waals surface area contributed by atoms with Gasteiger partial charge in [-0.25, -0.2) is 22.2 Å². The summed E-state index contributed by atoms with van der Waals surface area (Å²) in [6.45, 7) is 4.36. The molecule has 0 spiro atoms. The molecule has 0 saturated heterocycles. The molecule has 10 heteroatoms. The Hall–Kier alpha value is -2.39. The van der Waals surface area contributed by atoms with Crippen molar-refractivity contribution in [2.45, 2.75) is 37.5 Å². The van der Waals surface area contributed by atoms with E-state index in [4.69, 9.17) is 17.3 Å². The van der Waals surface area contributed by atoms with Crippen LogP contribution in [-0.4, -0.2) is 35.5 Å². The molecule has 1 aliphatic rings. The minimum Gasteiger partial charge on any atom is -0.386 e. The van der Waals surface area contributed by atoms with Gasteiger partial charge in [0.05, 0.1) is 10.8 Å². The number of sulfone groups is 1. The highest BCUT2D eigenvalue weighted by Crippen LogP contribution is 2.38. The number of aromatic nitrogens is 1. The van der Waals surface area contributed by atoms with E-state index in [2.05, 4.69) is 9.98 Å². The molecule has 3 rings (SSSR count). The minimum atomic E-state index is -3.73. The maximum Gasteiger partial charge on any atom is 0.188 e. The molecule has 0 saturated carbocycles. The maximum atomic E-state index is 14.7. The summed E-state index contributed by atoms with van der Waals surface area (Å²) in [6, 6.07) is 4.81. The molecule has 1 atom stereocenters. The number of amidine groups is 1. The molecule has 0 bridgehead atoms. The normalized spacial score (nSPS) is 22.4. The van der Waals surface area contributed by atoms with Crippen LogP contribution in [0.2, 0.25) is 5.02 Å². The third-order valence-corrected chi connectivity index (χ3v) is 8.19. The number of ketones is 1. The Balaban J connectivity index is 2.00. The lowest BCUT2D eigenvalue weighted by Crippen LogP contribution is -2.55. The predicted molar refractivity (Wildman–Crippen MR) is 110 cm³/mol. The Morgan fingerprint density at radius 3 is 2.47 bits per heavy atom. The van der Waals surface area contributed by atoms with Crippen LogP contribution in [0.3, 0.4) is 0 Å². The lowest BCUT2D eigenvalue weighted by molar-refractivity contribution is 0.0984.